The summed E-state index contributed by atoms with van der Waals surface area (Å²) in [4.78, 5) is 2.18. The van der Waals surface area contributed by atoms with Gasteiger partial charge in [0.15, 0.2) is 0 Å². The summed E-state index contributed by atoms with van der Waals surface area (Å²) in [5.74, 6) is 0.901. The Balaban J connectivity index is 2.40. The fourth-order valence-corrected chi connectivity index (χ4v) is 1.82. The number of ether oxygens (including phenoxy) is 1. The number of hydrogen-bond donors (Lipinski definition) is 2. The van der Waals surface area contributed by atoms with Gasteiger partial charge in [0.05, 0.1) is 12.8 Å². The predicted molar refractivity (Wildman–Crippen MR) is 65.4 cm³/mol. The maximum atomic E-state index is 7.57. The zero-order chi connectivity index (χ0) is 11.7. The number of methoxy groups -OCH3 is 1. The van der Waals surface area contributed by atoms with Gasteiger partial charge in [0, 0.05) is 24.7 Å². The van der Waals surface area contributed by atoms with Crippen molar-refractivity contribution in [3.05, 3.63) is 23.8 Å². The third-order valence-corrected chi connectivity index (χ3v) is 2.97. The number of nitrogens with zero attached hydrogens (tertiary/aromatic N) is 1. The van der Waals surface area contributed by atoms with Gasteiger partial charge in [-0.15, -0.1) is 0 Å². The molecule has 1 saturated carbocycles. The fourth-order valence-electron chi connectivity index (χ4n) is 1.82. The van der Waals surface area contributed by atoms with Crippen molar-refractivity contribution in [2.75, 3.05) is 19.1 Å². The Kier molecular flexibility index (Phi) is 2.73. The molecule has 1 aromatic rings. The first-order valence-electron chi connectivity index (χ1n) is 5.38. The van der Waals surface area contributed by atoms with Crippen molar-refractivity contribution in [3.8, 4) is 5.75 Å². The largest absolute Gasteiger partial charge is 0.497 e. The third kappa shape index (κ3) is 1.96. The molecule has 2 rings (SSSR count). The van der Waals surface area contributed by atoms with Gasteiger partial charge in [-0.1, -0.05) is 0 Å². The Bertz CT molecular complexity index is 413. The van der Waals surface area contributed by atoms with Crippen molar-refractivity contribution >= 4 is 11.5 Å². The summed E-state index contributed by atoms with van der Waals surface area (Å²) in [6, 6.07) is 6.20. The topological polar surface area (TPSA) is 62.3 Å². The van der Waals surface area contributed by atoms with Crippen LogP contribution in [0, 0.1) is 5.41 Å². The van der Waals surface area contributed by atoms with Gasteiger partial charge in [0.2, 0.25) is 0 Å². The van der Waals surface area contributed by atoms with E-state index in [-0.39, 0.29) is 5.84 Å². The zero-order valence-corrected chi connectivity index (χ0v) is 9.66. The molecule has 4 heteroatoms. The van der Waals surface area contributed by atoms with E-state index in [1.54, 1.807) is 7.11 Å². The minimum atomic E-state index is 0.102. The van der Waals surface area contributed by atoms with Crippen LogP contribution >= 0.6 is 0 Å². The second-order valence-corrected chi connectivity index (χ2v) is 4.14. The van der Waals surface area contributed by atoms with E-state index in [1.165, 1.54) is 12.8 Å². The van der Waals surface area contributed by atoms with E-state index in [2.05, 4.69) is 4.90 Å². The minimum absolute atomic E-state index is 0.102. The highest BCUT2D eigenvalue weighted by Gasteiger charge is 2.28. The summed E-state index contributed by atoms with van der Waals surface area (Å²) < 4.78 is 5.20. The highest BCUT2D eigenvalue weighted by Crippen LogP contribution is 2.34. The first kappa shape index (κ1) is 10.8. The molecule has 0 atom stereocenters. The van der Waals surface area contributed by atoms with E-state index < -0.39 is 0 Å². The molecule has 0 bridgehead atoms. The molecule has 3 N–H and O–H groups in total. The van der Waals surface area contributed by atoms with E-state index >= 15 is 0 Å². The van der Waals surface area contributed by atoms with E-state index in [4.69, 9.17) is 15.9 Å². The van der Waals surface area contributed by atoms with Crippen LogP contribution in [0.25, 0.3) is 0 Å². The van der Waals surface area contributed by atoms with E-state index in [1.807, 2.05) is 25.2 Å². The lowest BCUT2D eigenvalue weighted by Gasteiger charge is -2.22. The molecule has 0 aliphatic heterocycles. The zero-order valence-electron chi connectivity index (χ0n) is 9.66. The van der Waals surface area contributed by atoms with Crippen LogP contribution in [0.1, 0.15) is 18.4 Å². The molecule has 0 unspecified atom stereocenters. The molecule has 0 heterocycles. The highest BCUT2D eigenvalue weighted by atomic mass is 16.5. The van der Waals surface area contributed by atoms with Crippen LogP contribution < -0.4 is 15.4 Å². The summed E-state index contributed by atoms with van der Waals surface area (Å²) in [6.07, 6.45) is 2.43. The summed E-state index contributed by atoms with van der Waals surface area (Å²) in [7, 11) is 3.68. The van der Waals surface area contributed by atoms with Gasteiger partial charge in [0.25, 0.3) is 0 Å². The van der Waals surface area contributed by atoms with Crippen LogP contribution in [-0.4, -0.2) is 26.0 Å². The number of amidine groups is 1. The lowest BCUT2D eigenvalue weighted by atomic mass is 10.1. The van der Waals surface area contributed by atoms with Crippen molar-refractivity contribution in [1.82, 2.24) is 0 Å². The smallest absolute Gasteiger partial charge is 0.124 e. The molecular weight excluding hydrogens is 202 g/mol. The molecule has 1 aliphatic rings. The van der Waals surface area contributed by atoms with Crippen molar-refractivity contribution in [2.45, 2.75) is 18.9 Å². The number of rotatable bonds is 4. The molecule has 1 aromatic carbocycles. The molecule has 1 aliphatic carbocycles. The van der Waals surface area contributed by atoms with Crippen molar-refractivity contribution < 1.29 is 4.74 Å². The number of nitrogen functional groups attached to an aromatic ring is 1. The minimum Gasteiger partial charge on any atom is -0.497 e. The van der Waals surface area contributed by atoms with Crippen LogP contribution in [-0.2, 0) is 0 Å². The summed E-state index contributed by atoms with van der Waals surface area (Å²) >= 11 is 0. The molecule has 16 heavy (non-hydrogen) atoms. The van der Waals surface area contributed by atoms with Crippen LogP contribution in [0.3, 0.4) is 0 Å². The Morgan fingerprint density at radius 1 is 1.50 bits per heavy atom. The molecule has 0 saturated heterocycles. The Labute approximate surface area is 95.5 Å². The van der Waals surface area contributed by atoms with Gasteiger partial charge in [-0.05, 0) is 25.0 Å². The number of hydrogen-bond acceptors (Lipinski definition) is 3. The van der Waals surface area contributed by atoms with Crippen molar-refractivity contribution in [2.24, 2.45) is 5.73 Å². The normalized spacial score (nSPS) is 14.6. The fraction of sp³-hybridized carbons (Fsp3) is 0.417. The van der Waals surface area contributed by atoms with Crippen LogP contribution in [0.5, 0.6) is 5.75 Å². The van der Waals surface area contributed by atoms with Crippen LogP contribution in [0.15, 0.2) is 18.2 Å². The lowest BCUT2D eigenvalue weighted by molar-refractivity contribution is 0.415. The molecule has 1 fully saturated rings. The average Bonchev–Trinajstić information content (AvgIpc) is 3.11. The summed E-state index contributed by atoms with van der Waals surface area (Å²) in [5.41, 5.74) is 7.33. The Hall–Kier alpha value is -1.71. The maximum Gasteiger partial charge on any atom is 0.124 e. The van der Waals surface area contributed by atoms with E-state index in [0.29, 0.717) is 6.04 Å². The molecule has 0 spiro atoms. The molecule has 0 aromatic heterocycles. The lowest BCUT2D eigenvalue weighted by Crippen LogP contribution is -2.24. The first-order valence-corrected chi connectivity index (χ1v) is 5.38. The molecule has 4 nitrogen and oxygen atoms in total. The van der Waals surface area contributed by atoms with E-state index in [0.717, 1.165) is 17.0 Å². The van der Waals surface area contributed by atoms with Crippen molar-refractivity contribution in [3.63, 3.8) is 0 Å². The number of benzene rings is 1. The molecule has 0 radical (unpaired) electrons. The third-order valence-electron chi connectivity index (χ3n) is 2.97. The second-order valence-electron chi connectivity index (χ2n) is 4.14. The monoisotopic (exact) mass is 219 g/mol. The standard InChI is InChI=1S/C12H17N3O/c1-15(8-3-4-8)11-7-9(16-2)5-6-10(11)12(13)14/h5-8H,3-4H2,1-2H3,(H3,13,14). The van der Waals surface area contributed by atoms with Crippen LogP contribution in [0.2, 0.25) is 0 Å². The van der Waals surface area contributed by atoms with E-state index in [9.17, 15) is 0 Å². The maximum absolute atomic E-state index is 7.57. The highest BCUT2D eigenvalue weighted by molar-refractivity contribution is 6.00. The number of anilines is 1. The van der Waals surface area contributed by atoms with Gasteiger partial charge in [-0.2, -0.15) is 0 Å². The molecule has 86 valence electrons. The van der Waals surface area contributed by atoms with Crippen LogP contribution in [0.4, 0.5) is 5.69 Å². The van der Waals surface area contributed by atoms with Gasteiger partial charge < -0.3 is 15.4 Å². The SMILES string of the molecule is COc1ccc(C(=N)N)c(N(C)C2CC2)c1. The van der Waals surface area contributed by atoms with Gasteiger partial charge in [0.1, 0.15) is 11.6 Å². The van der Waals surface area contributed by atoms with Crippen molar-refractivity contribution in [1.29, 1.82) is 5.41 Å². The molecular formula is C12H17N3O. The summed E-state index contributed by atoms with van der Waals surface area (Å²) in [5, 5.41) is 7.57. The quantitative estimate of drug-likeness (QED) is 0.597. The summed E-state index contributed by atoms with van der Waals surface area (Å²) in [6.45, 7) is 0. The van der Waals surface area contributed by atoms with Gasteiger partial charge in [-0.25, -0.2) is 0 Å². The van der Waals surface area contributed by atoms with Gasteiger partial charge >= 0.3 is 0 Å². The predicted octanol–water partition coefficient (Wildman–Crippen LogP) is 1.58. The average molecular weight is 219 g/mol. The Morgan fingerprint density at radius 2 is 2.19 bits per heavy atom. The second kappa shape index (κ2) is 4.04. The Morgan fingerprint density at radius 3 is 2.69 bits per heavy atom. The molecule has 0 amide bonds. The number of nitrogens with one attached hydrogen (secondary N) is 1. The van der Waals surface area contributed by atoms with Gasteiger partial charge in [-0.3, -0.25) is 5.41 Å². The number of nitrogens with two attached hydrogens (primary N) is 1. The first-order chi connectivity index (χ1) is 7.63.